The van der Waals surface area contributed by atoms with E-state index in [1.54, 1.807) is 0 Å². The molecule has 0 aromatic carbocycles. The third-order valence-electron chi connectivity index (χ3n) is 12.8. The van der Waals surface area contributed by atoms with Crippen molar-refractivity contribution in [1.82, 2.24) is 5.32 Å². The van der Waals surface area contributed by atoms with E-state index in [0.717, 1.165) is 77.0 Å². The Hall–Kier alpha value is -1.80. The van der Waals surface area contributed by atoms with Crippen LogP contribution in [-0.4, -0.2) is 68.5 Å². The fourth-order valence-corrected chi connectivity index (χ4v) is 9.03. The van der Waals surface area contributed by atoms with Crippen molar-refractivity contribution in [3.63, 3.8) is 0 Å². The maximum Gasteiger partial charge on any atom is 0.268 e. The Balaban J connectivity index is 4.20. The highest BCUT2D eigenvalue weighted by Gasteiger charge is 2.24. The number of unbranched alkanes of at least 4 members (excludes halogenated alkanes) is 29. The summed E-state index contributed by atoms with van der Waals surface area (Å²) in [4.78, 5) is 25.5. The number of likely N-dealkylation sites (N-methyl/N-ethyl adjacent to an activating group) is 1. The summed E-state index contributed by atoms with van der Waals surface area (Å²) in [6.07, 6.45) is 66.7. The molecule has 0 radical (unpaired) electrons. The molecule has 1 amide bonds. The fourth-order valence-electron chi connectivity index (χ4n) is 8.30. The molecule has 0 saturated carbocycles. The number of phosphoric acid groups is 1. The summed E-state index contributed by atoms with van der Waals surface area (Å²) in [7, 11) is 1.30. The van der Waals surface area contributed by atoms with Gasteiger partial charge < -0.3 is 28.8 Å². The molecule has 0 fully saturated rings. The minimum Gasteiger partial charge on any atom is -0.756 e. The van der Waals surface area contributed by atoms with Gasteiger partial charge in [-0.2, -0.15) is 0 Å². The van der Waals surface area contributed by atoms with Crippen LogP contribution in [0.2, 0.25) is 0 Å². The van der Waals surface area contributed by atoms with E-state index in [9.17, 15) is 19.4 Å². The minimum absolute atomic E-state index is 0.00903. The zero-order chi connectivity index (χ0) is 49.9. The molecule has 0 aromatic heterocycles. The van der Waals surface area contributed by atoms with Crippen LogP contribution in [0.1, 0.15) is 258 Å². The molecule has 0 aliphatic rings. The Morgan fingerprint density at radius 2 is 0.897 bits per heavy atom. The highest BCUT2D eigenvalue weighted by molar-refractivity contribution is 7.45. The van der Waals surface area contributed by atoms with Crippen LogP contribution in [0, 0.1) is 0 Å². The zero-order valence-corrected chi connectivity index (χ0v) is 46.2. The summed E-state index contributed by atoms with van der Waals surface area (Å²) in [5, 5.41) is 14.0. The maximum atomic E-state index is 13.0. The molecule has 0 rings (SSSR count). The van der Waals surface area contributed by atoms with Crippen molar-refractivity contribution < 1.29 is 32.9 Å². The smallest absolute Gasteiger partial charge is 0.268 e. The molecule has 0 spiro atoms. The molecule has 8 nitrogen and oxygen atoms in total. The van der Waals surface area contributed by atoms with Gasteiger partial charge in [-0.15, -0.1) is 0 Å². The predicted molar refractivity (Wildman–Crippen MR) is 293 cm³/mol. The van der Waals surface area contributed by atoms with Gasteiger partial charge in [0.2, 0.25) is 5.91 Å². The van der Waals surface area contributed by atoms with Gasteiger partial charge in [0.15, 0.2) is 0 Å². The number of aliphatic hydroxyl groups excluding tert-OH is 1. The SMILES string of the molecule is CC/C=C\C/C=C\C/C=C\C/C=C\C/C=C\CCCCCCCCCCCC(=O)NC(COP(=O)([O-])OCC[N+](C)(C)C)C(O)CCCCCCCCCCCCCCCCCCCCCCC. The number of amides is 1. The van der Waals surface area contributed by atoms with Gasteiger partial charge in [-0.25, -0.2) is 0 Å². The molecule has 0 saturated heterocycles. The maximum absolute atomic E-state index is 13.0. The topological polar surface area (TPSA) is 108 Å². The van der Waals surface area contributed by atoms with Crippen LogP contribution in [0.4, 0.5) is 0 Å². The first-order chi connectivity index (χ1) is 33.0. The summed E-state index contributed by atoms with van der Waals surface area (Å²) >= 11 is 0. The second-order valence-electron chi connectivity index (χ2n) is 20.6. The largest absolute Gasteiger partial charge is 0.756 e. The number of nitrogens with one attached hydrogen (secondary N) is 1. The monoisotopic (exact) mass is 975 g/mol. The van der Waals surface area contributed by atoms with Gasteiger partial charge in [-0.05, 0) is 57.8 Å². The Labute approximate surface area is 422 Å². The second kappa shape index (κ2) is 50.2. The third-order valence-corrected chi connectivity index (χ3v) is 13.7. The Bertz CT molecular complexity index is 1290. The van der Waals surface area contributed by atoms with Crippen molar-refractivity contribution in [3.8, 4) is 0 Å². The molecule has 2 N–H and O–H groups in total. The molecule has 0 aliphatic carbocycles. The van der Waals surface area contributed by atoms with E-state index in [-0.39, 0.29) is 19.1 Å². The molecule has 9 heteroatoms. The van der Waals surface area contributed by atoms with Gasteiger partial charge in [-0.1, -0.05) is 254 Å². The van der Waals surface area contributed by atoms with E-state index in [2.05, 4.69) is 79.9 Å². The average Bonchev–Trinajstić information content (AvgIpc) is 3.30. The van der Waals surface area contributed by atoms with Crippen molar-refractivity contribution in [2.75, 3.05) is 40.9 Å². The lowest BCUT2D eigenvalue weighted by atomic mass is 10.0. The molecule has 0 bridgehead atoms. The standard InChI is InChI=1S/C59H111N2O6P/c1-6-8-10-12-14-16-18-20-22-24-26-28-29-30-31-33-35-37-39-41-43-45-47-49-51-53-59(63)60-57(56-67-68(64,65)66-55-54-61(3,4)5)58(62)52-50-48-46-44-42-40-38-36-34-32-27-25-23-21-19-17-15-13-11-9-7-2/h8,10,14,16,20,22,26,28,30-31,57-58,62H,6-7,9,11-13,15,17-19,21,23-25,27,29,32-56H2,1-5H3,(H-,60,63,64,65)/b10-8-,16-14-,22-20-,28-26-,31-30-. The summed E-state index contributed by atoms with van der Waals surface area (Å²) in [6.45, 7) is 4.63. The number of rotatable bonds is 52. The molecular weight excluding hydrogens is 864 g/mol. The summed E-state index contributed by atoms with van der Waals surface area (Å²) in [5.41, 5.74) is 0. The summed E-state index contributed by atoms with van der Waals surface area (Å²) in [5.74, 6) is -0.171. The number of nitrogens with zero attached hydrogens (tertiary/aromatic N) is 1. The Morgan fingerprint density at radius 1 is 0.529 bits per heavy atom. The van der Waals surface area contributed by atoms with Gasteiger partial charge >= 0.3 is 0 Å². The molecular formula is C59H111N2O6P. The first kappa shape index (κ1) is 66.2. The predicted octanol–water partition coefficient (Wildman–Crippen LogP) is 16.7. The number of quaternary nitrogens is 1. The third kappa shape index (κ3) is 52.0. The highest BCUT2D eigenvalue weighted by Crippen LogP contribution is 2.38. The Morgan fingerprint density at radius 3 is 1.31 bits per heavy atom. The molecule has 0 heterocycles. The van der Waals surface area contributed by atoms with Crippen molar-refractivity contribution in [3.05, 3.63) is 60.8 Å². The van der Waals surface area contributed by atoms with E-state index < -0.39 is 20.0 Å². The van der Waals surface area contributed by atoms with Crippen LogP contribution in [0.5, 0.6) is 0 Å². The fraction of sp³-hybridized carbons (Fsp3) is 0.814. The highest BCUT2D eigenvalue weighted by atomic mass is 31.2. The van der Waals surface area contributed by atoms with Gasteiger partial charge in [-0.3, -0.25) is 9.36 Å². The van der Waals surface area contributed by atoms with Crippen LogP contribution in [0.3, 0.4) is 0 Å². The van der Waals surface area contributed by atoms with Crippen molar-refractivity contribution >= 4 is 13.7 Å². The quantitative estimate of drug-likeness (QED) is 0.0272. The van der Waals surface area contributed by atoms with Crippen molar-refractivity contribution in [1.29, 1.82) is 0 Å². The number of carbonyl (C=O) groups excluding carboxylic acids is 1. The second-order valence-corrected chi connectivity index (χ2v) is 22.0. The lowest BCUT2D eigenvalue weighted by molar-refractivity contribution is -0.870. The van der Waals surface area contributed by atoms with Gasteiger partial charge in [0.05, 0.1) is 39.9 Å². The van der Waals surface area contributed by atoms with Crippen molar-refractivity contribution in [2.24, 2.45) is 0 Å². The molecule has 398 valence electrons. The van der Waals surface area contributed by atoms with Crippen LogP contribution < -0.4 is 10.2 Å². The van der Waals surface area contributed by atoms with Gasteiger partial charge in [0.1, 0.15) is 13.2 Å². The van der Waals surface area contributed by atoms with E-state index in [1.807, 2.05) is 21.1 Å². The van der Waals surface area contributed by atoms with E-state index in [1.165, 1.54) is 154 Å². The van der Waals surface area contributed by atoms with Crippen LogP contribution in [0.25, 0.3) is 0 Å². The van der Waals surface area contributed by atoms with Gasteiger partial charge in [0.25, 0.3) is 7.82 Å². The van der Waals surface area contributed by atoms with E-state index in [0.29, 0.717) is 23.9 Å². The summed E-state index contributed by atoms with van der Waals surface area (Å²) < 4.78 is 23.4. The van der Waals surface area contributed by atoms with Crippen LogP contribution >= 0.6 is 7.82 Å². The first-order valence-electron chi connectivity index (χ1n) is 28.6. The lowest BCUT2D eigenvalue weighted by Gasteiger charge is -2.30. The van der Waals surface area contributed by atoms with Crippen molar-refractivity contribution in [2.45, 2.75) is 270 Å². The van der Waals surface area contributed by atoms with E-state index >= 15 is 0 Å². The number of phosphoric ester groups is 1. The average molecular weight is 976 g/mol. The Kier molecular flexibility index (Phi) is 48.8. The molecule has 68 heavy (non-hydrogen) atoms. The number of aliphatic hydroxyl groups is 1. The number of carbonyl (C=O) groups is 1. The first-order valence-corrected chi connectivity index (χ1v) is 30.1. The molecule has 3 unspecified atom stereocenters. The lowest BCUT2D eigenvalue weighted by Crippen LogP contribution is -2.46. The number of allylic oxidation sites excluding steroid dienone is 10. The van der Waals surface area contributed by atoms with Crippen LogP contribution in [-0.2, 0) is 18.4 Å². The molecule has 0 aromatic rings. The normalized spacial score (nSPS) is 14.4. The zero-order valence-electron chi connectivity index (χ0n) is 45.3. The molecule has 0 aliphatic heterocycles. The van der Waals surface area contributed by atoms with Gasteiger partial charge in [0, 0.05) is 6.42 Å². The minimum atomic E-state index is -4.58. The number of hydrogen-bond acceptors (Lipinski definition) is 6. The van der Waals surface area contributed by atoms with Crippen LogP contribution in [0.15, 0.2) is 60.8 Å². The molecule has 3 atom stereocenters. The number of hydrogen-bond donors (Lipinski definition) is 2. The van der Waals surface area contributed by atoms with E-state index in [4.69, 9.17) is 9.05 Å². The summed E-state index contributed by atoms with van der Waals surface area (Å²) in [6, 6.07) is -0.808.